The molecule has 0 atom stereocenters. The second-order valence-electron chi connectivity index (χ2n) is 6.90. The lowest BCUT2D eigenvalue weighted by atomic mass is 10.1. The highest BCUT2D eigenvalue weighted by Crippen LogP contribution is 2.23. The first-order chi connectivity index (χ1) is 14.0. The number of rotatable bonds is 5. The molecule has 0 spiro atoms. The number of carbonyl (C=O) groups excluding carboxylic acids is 1. The minimum Gasteiger partial charge on any atom is -0.497 e. The Balaban J connectivity index is 1.51. The zero-order valence-electron chi connectivity index (χ0n) is 16.1. The first-order valence-electron chi connectivity index (χ1n) is 9.22. The molecule has 0 unspecified atom stereocenters. The Hall–Kier alpha value is -3.61. The van der Waals surface area contributed by atoms with Crippen LogP contribution in [0.25, 0.3) is 21.8 Å². The van der Waals surface area contributed by atoms with E-state index < -0.39 is 5.82 Å². The highest BCUT2D eigenvalue weighted by atomic mass is 19.1. The van der Waals surface area contributed by atoms with Crippen LogP contribution in [0, 0.1) is 12.7 Å². The number of hydrogen-bond acceptors (Lipinski definition) is 3. The summed E-state index contributed by atoms with van der Waals surface area (Å²) in [7, 11) is 1.57. The van der Waals surface area contributed by atoms with Crippen LogP contribution in [0.1, 0.15) is 21.6 Å². The van der Waals surface area contributed by atoms with Crippen molar-refractivity contribution in [3.8, 4) is 5.75 Å². The maximum absolute atomic E-state index is 13.6. The number of aromatic nitrogens is 2. The maximum Gasteiger partial charge on any atom is 0.253 e. The standard InChI is InChI=1S/C22H20FN3O3/c1-12-20(17-10-15(23)4-6-18(17)25-12)22(28)24-8-7-14-9-13-3-5-16(29-2)11-19(13)26-21(14)27/h3-6,9-11,25H,7-8H2,1-2H3,(H,24,28)(H,26,27). The van der Waals surface area contributed by atoms with Crippen LogP contribution in [0.2, 0.25) is 0 Å². The number of pyridine rings is 1. The third-order valence-corrected chi connectivity index (χ3v) is 4.99. The van der Waals surface area contributed by atoms with Crippen LogP contribution in [-0.2, 0) is 6.42 Å². The van der Waals surface area contributed by atoms with Gasteiger partial charge >= 0.3 is 0 Å². The number of fused-ring (bicyclic) bond motifs is 2. The summed E-state index contributed by atoms with van der Waals surface area (Å²) in [4.78, 5) is 30.9. The number of carbonyl (C=O) groups is 1. The van der Waals surface area contributed by atoms with Crippen molar-refractivity contribution >= 4 is 27.7 Å². The Kier molecular flexibility index (Phi) is 4.80. The van der Waals surface area contributed by atoms with E-state index in [-0.39, 0.29) is 18.0 Å². The van der Waals surface area contributed by atoms with Gasteiger partial charge in [-0.05, 0) is 55.1 Å². The van der Waals surface area contributed by atoms with Crippen molar-refractivity contribution < 1.29 is 13.9 Å². The smallest absolute Gasteiger partial charge is 0.253 e. The average Bonchev–Trinajstić information content (AvgIpc) is 3.02. The van der Waals surface area contributed by atoms with Crippen molar-refractivity contribution in [3.63, 3.8) is 0 Å². The van der Waals surface area contributed by atoms with E-state index in [1.807, 2.05) is 18.2 Å². The first kappa shape index (κ1) is 18.7. The second kappa shape index (κ2) is 7.43. The Morgan fingerprint density at radius 3 is 2.72 bits per heavy atom. The van der Waals surface area contributed by atoms with Gasteiger partial charge in [-0.1, -0.05) is 0 Å². The Morgan fingerprint density at radius 2 is 1.93 bits per heavy atom. The molecule has 0 aliphatic rings. The molecule has 0 bridgehead atoms. The van der Waals surface area contributed by atoms with Crippen molar-refractivity contribution in [3.05, 3.63) is 75.5 Å². The summed E-state index contributed by atoms with van der Waals surface area (Å²) in [6.45, 7) is 2.06. The van der Waals surface area contributed by atoms with E-state index in [0.29, 0.717) is 45.4 Å². The molecule has 29 heavy (non-hydrogen) atoms. The summed E-state index contributed by atoms with van der Waals surface area (Å²) in [5, 5.41) is 4.25. The fraction of sp³-hybridized carbons (Fsp3) is 0.182. The van der Waals surface area contributed by atoms with Gasteiger partial charge in [-0.25, -0.2) is 4.39 Å². The molecule has 4 rings (SSSR count). The van der Waals surface area contributed by atoms with Crippen LogP contribution in [-0.4, -0.2) is 29.5 Å². The van der Waals surface area contributed by atoms with Gasteiger partial charge in [0, 0.05) is 34.8 Å². The largest absolute Gasteiger partial charge is 0.497 e. The summed E-state index contributed by atoms with van der Waals surface area (Å²) in [6, 6.07) is 11.6. The third-order valence-electron chi connectivity index (χ3n) is 4.99. The normalized spacial score (nSPS) is 11.1. The molecule has 0 aliphatic heterocycles. The van der Waals surface area contributed by atoms with E-state index in [4.69, 9.17) is 4.74 Å². The van der Waals surface area contributed by atoms with Crippen molar-refractivity contribution in [2.24, 2.45) is 0 Å². The molecule has 148 valence electrons. The van der Waals surface area contributed by atoms with Gasteiger partial charge in [0.05, 0.1) is 18.2 Å². The Morgan fingerprint density at radius 1 is 1.10 bits per heavy atom. The van der Waals surface area contributed by atoms with Crippen molar-refractivity contribution in [1.29, 1.82) is 0 Å². The SMILES string of the molecule is COc1ccc2cc(CCNC(=O)c3c(C)[nH]c4ccc(F)cc34)c(=O)[nH]c2c1. The van der Waals surface area contributed by atoms with E-state index >= 15 is 0 Å². The Labute approximate surface area is 165 Å². The summed E-state index contributed by atoms with van der Waals surface area (Å²) >= 11 is 0. The maximum atomic E-state index is 13.6. The summed E-state index contributed by atoms with van der Waals surface area (Å²) < 4.78 is 18.8. The van der Waals surface area contributed by atoms with E-state index in [1.165, 1.54) is 12.1 Å². The summed E-state index contributed by atoms with van der Waals surface area (Å²) in [5.41, 5.74) is 2.85. The number of aryl methyl sites for hydroxylation is 1. The molecule has 7 heteroatoms. The number of H-pyrrole nitrogens is 2. The highest BCUT2D eigenvalue weighted by Gasteiger charge is 2.16. The van der Waals surface area contributed by atoms with Gasteiger partial charge in [-0.15, -0.1) is 0 Å². The lowest BCUT2D eigenvalue weighted by molar-refractivity contribution is 0.0955. The van der Waals surface area contributed by atoms with Gasteiger partial charge in [0.15, 0.2) is 0 Å². The van der Waals surface area contributed by atoms with Gasteiger partial charge in [0.2, 0.25) is 0 Å². The second-order valence-corrected chi connectivity index (χ2v) is 6.90. The van der Waals surface area contributed by atoms with Crippen molar-refractivity contribution in [1.82, 2.24) is 15.3 Å². The number of methoxy groups -OCH3 is 1. The zero-order chi connectivity index (χ0) is 20.5. The molecule has 0 radical (unpaired) electrons. The average molecular weight is 393 g/mol. The van der Waals surface area contributed by atoms with Gasteiger partial charge in [-0.3, -0.25) is 9.59 Å². The van der Waals surface area contributed by atoms with Gasteiger partial charge in [0.25, 0.3) is 11.5 Å². The predicted octanol–water partition coefficient (Wildman–Crippen LogP) is 3.44. The fourth-order valence-corrected chi connectivity index (χ4v) is 3.53. The molecular formula is C22H20FN3O3. The molecular weight excluding hydrogens is 373 g/mol. The van der Waals surface area contributed by atoms with Crippen molar-refractivity contribution in [2.45, 2.75) is 13.3 Å². The molecule has 1 amide bonds. The molecule has 0 saturated carbocycles. The third kappa shape index (κ3) is 3.59. The van der Waals surface area contributed by atoms with Crippen LogP contribution in [0.4, 0.5) is 4.39 Å². The van der Waals surface area contributed by atoms with Gasteiger partial charge in [0.1, 0.15) is 11.6 Å². The number of nitrogens with one attached hydrogen (secondary N) is 3. The molecule has 4 aromatic rings. The van der Waals surface area contributed by atoms with Crippen LogP contribution >= 0.6 is 0 Å². The van der Waals surface area contributed by atoms with Crippen LogP contribution in [0.15, 0.2) is 47.3 Å². The first-order valence-corrected chi connectivity index (χ1v) is 9.22. The monoisotopic (exact) mass is 393 g/mol. The molecule has 0 saturated heterocycles. The van der Waals surface area contributed by atoms with Crippen LogP contribution < -0.4 is 15.6 Å². The minimum atomic E-state index is -0.398. The number of aromatic amines is 2. The lowest BCUT2D eigenvalue weighted by Crippen LogP contribution is -2.27. The number of ether oxygens (including phenoxy) is 1. The highest BCUT2D eigenvalue weighted by molar-refractivity contribution is 6.08. The molecule has 3 N–H and O–H groups in total. The molecule has 0 fully saturated rings. The summed E-state index contributed by atoms with van der Waals surface area (Å²) in [5.74, 6) is -0.0371. The number of benzene rings is 2. The Bertz CT molecular complexity index is 1290. The predicted molar refractivity (Wildman–Crippen MR) is 110 cm³/mol. The number of hydrogen-bond donors (Lipinski definition) is 3. The lowest BCUT2D eigenvalue weighted by Gasteiger charge is -2.07. The molecule has 2 aromatic carbocycles. The zero-order valence-corrected chi connectivity index (χ0v) is 16.1. The number of amides is 1. The molecule has 0 aliphatic carbocycles. The molecule has 2 heterocycles. The van der Waals surface area contributed by atoms with E-state index in [9.17, 15) is 14.0 Å². The minimum absolute atomic E-state index is 0.203. The molecule has 2 aromatic heterocycles. The van der Waals surface area contributed by atoms with Gasteiger partial charge < -0.3 is 20.0 Å². The van der Waals surface area contributed by atoms with E-state index in [1.54, 1.807) is 26.2 Å². The van der Waals surface area contributed by atoms with Gasteiger partial charge in [-0.2, -0.15) is 0 Å². The quantitative estimate of drug-likeness (QED) is 0.485. The molecule has 6 nitrogen and oxygen atoms in total. The topological polar surface area (TPSA) is 87.0 Å². The van der Waals surface area contributed by atoms with E-state index in [0.717, 1.165) is 5.39 Å². The van der Waals surface area contributed by atoms with Crippen LogP contribution in [0.3, 0.4) is 0 Å². The fourth-order valence-electron chi connectivity index (χ4n) is 3.53. The number of halogens is 1. The summed E-state index contributed by atoms with van der Waals surface area (Å²) in [6.07, 6.45) is 0.374. The van der Waals surface area contributed by atoms with E-state index in [2.05, 4.69) is 15.3 Å². The van der Waals surface area contributed by atoms with Crippen LogP contribution in [0.5, 0.6) is 5.75 Å². The van der Waals surface area contributed by atoms with Crippen molar-refractivity contribution in [2.75, 3.05) is 13.7 Å².